The number of ether oxygens (including phenoxy) is 1. The summed E-state index contributed by atoms with van der Waals surface area (Å²) in [5, 5.41) is 3.56. The van der Waals surface area contributed by atoms with E-state index in [4.69, 9.17) is 16.3 Å². The Morgan fingerprint density at radius 3 is 3.16 bits per heavy atom. The van der Waals surface area contributed by atoms with Crippen molar-refractivity contribution >= 4 is 17.4 Å². The molecular weight excluding hydrogens is 268 g/mol. The normalized spacial score (nSPS) is 18.7. The maximum atomic E-state index is 11.6. The maximum absolute atomic E-state index is 11.6. The Kier molecular flexibility index (Phi) is 5.18. The predicted octanol–water partition coefficient (Wildman–Crippen LogP) is 0.628. The second-order valence-electron chi connectivity index (χ2n) is 4.60. The lowest BCUT2D eigenvalue weighted by Crippen LogP contribution is -2.40. The van der Waals surface area contributed by atoms with Crippen molar-refractivity contribution in [1.82, 2.24) is 15.3 Å². The predicted molar refractivity (Wildman–Crippen MR) is 75.0 cm³/mol. The number of hydrogen-bond donors (Lipinski definition) is 2. The molecule has 19 heavy (non-hydrogen) atoms. The fraction of sp³-hybridized carbons (Fsp3) is 0.667. The van der Waals surface area contributed by atoms with E-state index in [2.05, 4.69) is 15.3 Å². The summed E-state index contributed by atoms with van der Waals surface area (Å²) in [5.74, 6) is 0.524. The number of hydrogen-bond acceptors (Lipinski definition) is 5. The van der Waals surface area contributed by atoms with Crippen LogP contribution in [0.2, 0.25) is 5.02 Å². The van der Waals surface area contributed by atoms with Crippen molar-refractivity contribution in [2.24, 2.45) is 0 Å². The number of halogens is 1. The third-order valence-corrected chi connectivity index (χ3v) is 3.59. The van der Waals surface area contributed by atoms with Gasteiger partial charge in [-0.2, -0.15) is 0 Å². The second-order valence-corrected chi connectivity index (χ2v) is 4.98. The molecule has 7 heteroatoms. The number of nitrogens with zero attached hydrogens (tertiary/aromatic N) is 2. The summed E-state index contributed by atoms with van der Waals surface area (Å²) < 4.78 is 5.11. The van der Waals surface area contributed by atoms with Crippen molar-refractivity contribution in [2.75, 3.05) is 38.3 Å². The highest BCUT2D eigenvalue weighted by Gasteiger charge is 2.21. The molecular formula is C12H19ClN4O2. The van der Waals surface area contributed by atoms with E-state index in [-0.39, 0.29) is 10.6 Å². The van der Waals surface area contributed by atoms with Gasteiger partial charge in [-0.3, -0.25) is 4.79 Å². The molecule has 2 rings (SSSR count). The number of aromatic amines is 1. The van der Waals surface area contributed by atoms with E-state index in [1.165, 1.54) is 12.7 Å². The molecule has 0 bridgehead atoms. The van der Waals surface area contributed by atoms with Crippen molar-refractivity contribution < 1.29 is 4.74 Å². The Morgan fingerprint density at radius 1 is 1.63 bits per heavy atom. The lowest BCUT2D eigenvalue weighted by atomic mass is 10.2. The molecule has 0 radical (unpaired) electrons. The van der Waals surface area contributed by atoms with Gasteiger partial charge in [-0.15, -0.1) is 0 Å². The van der Waals surface area contributed by atoms with Gasteiger partial charge in [0.05, 0.1) is 12.9 Å². The average Bonchev–Trinajstić information content (AvgIpc) is 2.91. The number of aromatic nitrogens is 2. The fourth-order valence-corrected chi connectivity index (χ4v) is 2.48. The highest BCUT2D eigenvalue weighted by molar-refractivity contribution is 6.32. The average molecular weight is 287 g/mol. The molecule has 1 saturated heterocycles. The minimum absolute atomic E-state index is 0.136. The van der Waals surface area contributed by atoms with E-state index < -0.39 is 0 Å². The first-order chi connectivity index (χ1) is 9.22. The van der Waals surface area contributed by atoms with E-state index >= 15 is 0 Å². The number of nitrogens with one attached hydrogen (secondary N) is 2. The Bertz CT molecular complexity index is 459. The zero-order valence-corrected chi connectivity index (χ0v) is 11.7. The quantitative estimate of drug-likeness (QED) is 0.803. The molecule has 2 heterocycles. The molecule has 0 aromatic carbocycles. The first-order valence-corrected chi connectivity index (χ1v) is 6.80. The van der Waals surface area contributed by atoms with Crippen molar-refractivity contribution in [3.63, 3.8) is 0 Å². The van der Waals surface area contributed by atoms with Gasteiger partial charge in [-0.25, -0.2) is 4.98 Å². The Labute approximate surface area is 117 Å². The van der Waals surface area contributed by atoms with E-state index in [1.54, 1.807) is 7.11 Å². The van der Waals surface area contributed by atoms with Crippen LogP contribution >= 0.6 is 11.6 Å². The Morgan fingerprint density at radius 2 is 2.47 bits per heavy atom. The van der Waals surface area contributed by atoms with Crippen LogP contribution in [0.15, 0.2) is 11.1 Å². The van der Waals surface area contributed by atoms with Crippen molar-refractivity contribution in [3.8, 4) is 0 Å². The number of H-pyrrole nitrogens is 1. The maximum Gasteiger partial charge on any atom is 0.271 e. The lowest BCUT2D eigenvalue weighted by molar-refractivity contribution is 0.204. The van der Waals surface area contributed by atoms with E-state index in [1.807, 2.05) is 4.90 Å². The topological polar surface area (TPSA) is 70.2 Å². The van der Waals surface area contributed by atoms with E-state index in [0.717, 1.165) is 19.5 Å². The third kappa shape index (κ3) is 3.68. The van der Waals surface area contributed by atoms with E-state index in [9.17, 15) is 4.79 Å². The minimum atomic E-state index is -0.312. The van der Waals surface area contributed by atoms with Crippen LogP contribution < -0.4 is 15.8 Å². The van der Waals surface area contributed by atoms with Gasteiger partial charge in [0.25, 0.3) is 5.56 Å². The zero-order chi connectivity index (χ0) is 13.7. The molecule has 6 nitrogen and oxygen atoms in total. The molecule has 1 atom stereocenters. The molecule has 1 aliphatic heterocycles. The summed E-state index contributed by atoms with van der Waals surface area (Å²) in [6, 6.07) is 0.411. The van der Waals surface area contributed by atoms with Gasteiger partial charge in [0, 0.05) is 26.2 Å². The smallest absolute Gasteiger partial charge is 0.271 e. The van der Waals surface area contributed by atoms with Crippen molar-refractivity contribution in [2.45, 2.75) is 18.9 Å². The second kappa shape index (κ2) is 6.88. The molecule has 0 saturated carbocycles. The van der Waals surface area contributed by atoms with Crippen LogP contribution in [0, 0.1) is 0 Å². The lowest BCUT2D eigenvalue weighted by Gasteiger charge is -2.26. The summed E-state index contributed by atoms with van der Waals surface area (Å²) in [6.07, 6.45) is 3.69. The van der Waals surface area contributed by atoms with Crippen LogP contribution in [-0.4, -0.2) is 49.4 Å². The Balaban J connectivity index is 2.15. The molecule has 0 aliphatic carbocycles. The number of methoxy groups -OCH3 is 1. The van der Waals surface area contributed by atoms with Crippen molar-refractivity contribution in [1.29, 1.82) is 0 Å². The fourth-order valence-electron chi connectivity index (χ4n) is 2.26. The van der Waals surface area contributed by atoms with Crippen LogP contribution in [0.4, 0.5) is 5.82 Å². The summed E-state index contributed by atoms with van der Waals surface area (Å²) in [7, 11) is 1.65. The standard InChI is InChI=1S/C12H19ClN4O2/c1-19-6-5-17(7-9-3-2-4-14-9)11-10(13)12(18)16-8-15-11/h8-9,14H,2-7H2,1H3,(H,15,16,18). The van der Waals surface area contributed by atoms with Gasteiger partial charge >= 0.3 is 0 Å². The minimum Gasteiger partial charge on any atom is -0.383 e. The zero-order valence-electron chi connectivity index (χ0n) is 11.0. The first kappa shape index (κ1) is 14.3. The molecule has 1 aromatic heterocycles. The van der Waals surface area contributed by atoms with Gasteiger partial charge in [0.2, 0.25) is 0 Å². The SMILES string of the molecule is COCCN(CC1CCCN1)c1nc[nH]c(=O)c1Cl. The molecule has 106 valence electrons. The largest absolute Gasteiger partial charge is 0.383 e. The molecule has 0 spiro atoms. The number of rotatable bonds is 6. The van der Waals surface area contributed by atoms with Gasteiger partial charge < -0.3 is 19.9 Å². The van der Waals surface area contributed by atoms with Gasteiger partial charge in [0.15, 0.2) is 5.82 Å². The Hall–Kier alpha value is -1.11. The summed E-state index contributed by atoms with van der Waals surface area (Å²) in [5.41, 5.74) is -0.312. The monoisotopic (exact) mass is 286 g/mol. The molecule has 1 aromatic rings. The molecule has 1 unspecified atom stereocenters. The molecule has 2 N–H and O–H groups in total. The highest BCUT2D eigenvalue weighted by atomic mass is 35.5. The van der Waals surface area contributed by atoms with Crippen LogP contribution in [0.1, 0.15) is 12.8 Å². The number of anilines is 1. The van der Waals surface area contributed by atoms with Crippen molar-refractivity contribution in [3.05, 3.63) is 21.7 Å². The highest BCUT2D eigenvalue weighted by Crippen LogP contribution is 2.19. The van der Waals surface area contributed by atoms with Crippen LogP contribution in [0.5, 0.6) is 0 Å². The van der Waals surface area contributed by atoms with Gasteiger partial charge in [-0.1, -0.05) is 11.6 Å². The molecule has 1 fully saturated rings. The summed E-state index contributed by atoms with van der Waals surface area (Å²) in [4.78, 5) is 20.2. The van der Waals surface area contributed by atoms with Crippen LogP contribution in [0.3, 0.4) is 0 Å². The van der Waals surface area contributed by atoms with Crippen LogP contribution in [-0.2, 0) is 4.74 Å². The first-order valence-electron chi connectivity index (χ1n) is 6.43. The third-order valence-electron chi connectivity index (χ3n) is 3.25. The van der Waals surface area contributed by atoms with E-state index in [0.29, 0.717) is 25.0 Å². The molecule has 1 aliphatic rings. The van der Waals surface area contributed by atoms with Gasteiger partial charge in [-0.05, 0) is 19.4 Å². The molecule has 0 amide bonds. The van der Waals surface area contributed by atoms with Gasteiger partial charge in [0.1, 0.15) is 5.02 Å². The summed E-state index contributed by atoms with van der Waals surface area (Å²) >= 11 is 6.04. The van der Waals surface area contributed by atoms with Crippen LogP contribution in [0.25, 0.3) is 0 Å². The summed E-state index contributed by atoms with van der Waals surface area (Å²) in [6.45, 7) is 3.04.